The first-order valence-corrected chi connectivity index (χ1v) is 5.31. The predicted molar refractivity (Wildman–Crippen MR) is 62.5 cm³/mol. The van der Waals surface area contributed by atoms with Crippen molar-refractivity contribution in [1.29, 1.82) is 5.26 Å². The summed E-state index contributed by atoms with van der Waals surface area (Å²) in [6.45, 7) is 4.59. The minimum Gasteiger partial charge on any atom is -0.330 e. The summed E-state index contributed by atoms with van der Waals surface area (Å²) in [5.41, 5.74) is 7.42. The Bertz CT molecular complexity index is 344. The van der Waals surface area contributed by atoms with E-state index in [-0.39, 0.29) is 0 Å². The SMILES string of the molecule is CC(C)(C#N)c1ccc(CCCN)cc1. The van der Waals surface area contributed by atoms with Crippen LogP contribution in [0.25, 0.3) is 0 Å². The highest BCUT2D eigenvalue weighted by molar-refractivity contribution is 5.32. The molecular weight excluding hydrogens is 184 g/mol. The minimum absolute atomic E-state index is 0.396. The van der Waals surface area contributed by atoms with E-state index in [9.17, 15) is 0 Å². The second kappa shape index (κ2) is 4.95. The predicted octanol–water partition coefficient (Wildman–Crippen LogP) is 2.38. The number of aryl methyl sites for hydroxylation is 1. The maximum Gasteiger partial charge on any atom is 0.0766 e. The summed E-state index contributed by atoms with van der Waals surface area (Å²) in [6, 6.07) is 10.5. The molecule has 0 aliphatic carbocycles. The van der Waals surface area contributed by atoms with E-state index >= 15 is 0 Å². The van der Waals surface area contributed by atoms with Gasteiger partial charge in [0.15, 0.2) is 0 Å². The molecule has 0 fully saturated rings. The molecule has 0 heterocycles. The molecule has 0 saturated heterocycles. The highest BCUT2D eigenvalue weighted by Gasteiger charge is 2.18. The van der Waals surface area contributed by atoms with E-state index in [1.165, 1.54) is 5.56 Å². The third kappa shape index (κ3) is 3.07. The molecule has 0 aliphatic rings. The van der Waals surface area contributed by atoms with Gasteiger partial charge in [-0.15, -0.1) is 0 Å². The summed E-state index contributed by atoms with van der Waals surface area (Å²) in [6.07, 6.45) is 2.03. The number of nitriles is 1. The van der Waals surface area contributed by atoms with Crippen molar-refractivity contribution in [2.45, 2.75) is 32.1 Å². The maximum absolute atomic E-state index is 8.99. The molecule has 80 valence electrons. The molecule has 2 N–H and O–H groups in total. The fourth-order valence-corrected chi connectivity index (χ4v) is 1.46. The van der Waals surface area contributed by atoms with Crippen LogP contribution in [0.2, 0.25) is 0 Å². The molecule has 0 bridgehead atoms. The third-order valence-corrected chi connectivity index (χ3v) is 2.62. The van der Waals surface area contributed by atoms with Crippen molar-refractivity contribution < 1.29 is 0 Å². The first kappa shape index (κ1) is 11.7. The standard InChI is InChI=1S/C13H18N2/c1-13(2,10-15)12-7-5-11(6-8-12)4-3-9-14/h5-8H,3-4,9,14H2,1-2H3. The average Bonchev–Trinajstić information content (AvgIpc) is 2.27. The topological polar surface area (TPSA) is 49.8 Å². The van der Waals surface area contributed by atoms with Crippen LogP contribution in [0.15, 0.2) is 24.3 Å². The van der Waals surface area contributed by atoms with Crippen LogP contribution in [0, 0.1) is 11.3 Å². The fraction of sp³-hybridized carbons (Fsp3) is 0.462. The number of benzene rings is 1. The Morgan fingerprint density at radius 1 is 1.27 bits per heavy atom. The van der Waals surface area contributed by atoms with Gasteiger partial charge in [0.25, 0.3) is 0 Å². The molecule has 2 nitrogen and oxygen atoms in total. The van der Waals surface area contributed by atoms with E-state index in [2.05, 4.69) is 18.2 Å². The highest BCUT2D eigenvalue weighted by Crippen LogP contribution is 2.22. The zero-order valence-corrected chi connectivity index (χ0v) is 9.46. The van der Waals surface area contributed by atoms with Crippen molar-refractivity contribution in [2.24, 2.45) is 5.73 Å². The first-order chi connectivity index (χ1) is 7.10. The van der Waals surface area contributed by atoms with Gasteiger partial charge >= 0.3 is 0 Å². The molecule has 2 heteroatoms. The highest BCUT2D eigenvalue weighted by atomic mass is 14.5. The van der Waals surface area contributed by atoms with Gasteiger partial charge in [0, 0.05) is 0 Å². The summed E-state index contributed by atoms with van der Waals surface area (Å²) < 4.78 is 0. The van der Waals surface area contributed by atoms with Gasteiger partial charge in [-0.3, -0.25) is 0 Å². The Hall–Kier alpha value is -1.33. The Kier molecular flexibility index (Phi) is 3.88. The van der Waals surface area contributed by atoms with Gasteiger partial charge in [-0.05, 0) is 44.4 Å². The van der Waals surface area contributed by atoms with Crippen LogP contribution in [-0.4, -0.2) is 6.54 Å². The lowest BCUT2D eigenvalue weighted by Gasteiger charge is -2.15. The van der Waals surface area contributed by atoms with Gasteiger partial charge in [-0.25, -0.2) is 0 Å². The second-order valence-electron chi connectivity index (χ2n) is 4.33. The summed E-state index contributed by atoms with van der Waals surface area (Å²) >= 11 is 0. The first-order valence-electron chi connectivity index (χ1n) is 5.31. The molecule has 1 aromatic rings. The van der Waals surface area contributed by atoms with Crippen molar-refractivity contribution >= 4 is 0 Å². The molecule has 0 aromatic heterocycles. The van der Waals surface area contributed by atoms with Gasteiger partial charge in [-0.2, -0.15) is 5.26 Å². The number of hydrogen-bond donors (Lipinski definition) is 1. The summed E-state index contributed by atoms with van der Waals surface area (Å²) in [4.78, 5) is 0. The van der Waals surface area contributed by atoms with Crippen LogP contribution >= 0.6 is 0 Å². The van der Waals surface area contributed by atoms with Crippen molar-refractivity contribution in [3.63, 3.8) is 0 Å². The summed E-state index contributed by atoms with van der Waals surface area (Å²) in [5.74, 6) is 0. The van der Waals surface area contributed by atoms with Gasteiger partial charge < -0.3 is 5.73 Å². The van der Waals surface area contributed by atoms with E-state index < -0.39 is 5.41 Å². The van der Waals surface area contributed by atoms with Gasteiger partial charge in [0.05, 0.1) is 11.5 Å². The van der Waals surface area contributed by atoms with E-state index in [1.54, 1.807) is 0 Å². The van der Waals surface area contributed by atoms with Crippen LogP contribution in [-0.2, 0) is 11.8 Å². The lowest BCUT2D eigenvalue weighted by atomic mass is 9.86. The Morgan fingerprint density at radius 3 is 2.33 bits per heavy atom. The van der Waals surface area contributed by atoms with Crippen molar-refractivity contribution in [3.05, 3.63) is 35.4 Å². The molecule has 0 unspecified atom stereocenters. The number of nitrogens with two attached hydrogens (primary N) is 1. The zero-order valence-electron chi connectivity index (χ0n) is 9.46. The molecule has 0 spiro atoms. The normalized spacial score (nSPS) is 11.1. The molecule has 0 atom stereocenters. The minimum atomic E-state index is -0.396. The second-order valence-corrected chi connectivity index (χ2v) is 4.33. The van der Waals surface area contributed by atoms with Crippen molar-refractivity contribution in [2.75, 3.05) is 6.54 Å². The van der Waals surface area contributed by atoms with Crippen LogP contribution in [0.3, 0.4) is 0 Å². The molecule has 0 saturated carbocycles. The van der Waals surface area contributed by atoms with Gasteiger partial charge in [0.1, 0.15) is 0 Å². The lowest BCUT2D eigenvalue weighted by molar-refractivity contribution is 0.686. The quantitative estimate of drug-likeness (QED) is 0.815. The van der Waals surface area contributed by atoms with Crippen LogP contribution < -0.4 is 5.73 Å². The fourth-order valence-electron chi connectivity index (χ4n) is 1.46. The zero-order chi connectivity index (χ0) is 11.3. The Morgan fingerprint density at radius 2 is 1.87 bits per heavy atom. The molecule has 1 aromatic carbocycles. The molecule has 0 aliphatic heterocycles. The van der Waals surface area contributed by atoms with E-state index in [0.29, 0.717) is 0 Å². The van der Waals surface area contributed by atoms with E-state index in [4.69, 9.17) is 11.0 Å². The number of nitrogens with zero attached hydrogens (tertiary/aromatic N) is 1. The van der Waals surface area contributed by atoms with Gasteiger partial charge in [-0.1, -0.05) is 24.3 Å². The van der Waals surface area contributed by atoms with Crippen LogP contribution in [0.1, 0.15) is 31.4 Å². The third-order valence-electron chi connectivity index (χ3n) is 2.62. The van der Waals surface area contributed by atoms with E-state index in [0.717, 1.165) is 24.9 Å². The Labute approximate surface area is 91.7 Å². The molecule has 15 heavy (non-hydrogen) atoms. The van der Waals surface area contributed by atoms with Crippen molar-refractivity contribution in [3.8, 4) is 6.07 Å². The summed E-state index contributed by atoms with van der Waals surface area (Å²) in [7, 11) is 0. The van der Waals surface area contributed by atoms with Crippen LogP contribution in [0.4, 0.5) is 0 Å². The number of rotatable bonds is 4. The van der Waals surface area contributed by atoms with Gasteiger partial charge in [0.2, 0.25) is 0 Å². The monoisotopic (exact) mass is 202 g/mol. The smallest absolute Gasteiger partial charge is 0.0766 e. The molecule has 0 radical (unpaired) electrons. The largest absolute Gasteiger partial charge is 0.330 e. The lowest BCUT2D eigenvalue weighted by Crippen LogP contribution is -2.13. The van der Waals surface area contributed by atoms with E-state index in [1.807, 2.05) is 26.0 Å². The molecule has 1 rings (SSSR count). The van der Waals surface area contributed by atoms with Crippen molar-refractivity contribution in [1.82, 2.24) is 0 Å². The molecule has 0 amide bonds. The molecular formula is C13H18N2. The maximum atomic E-state index is 8.99. The average molecular weight is 202 g/mol. The Balaban J connectivity index is 2.77. The number of hydrogen-bond acceptors (Lipinski definition) is 2. The van der Waals surface area contributed by atoms with Crippen LogP contribution in [0.5, 0.6) is 0 Å². The summed E-state index contributed by atoms with van der Waals surface area (Å²) in [5, 5.41) is 8.99.